The van der Waals surface area contributed by atoms with Gasteiger partial charge >= 0.3 is 0 Å². The number of hydrogen-bond donors (Lipinski definition) is 2. The van der Waals surface area contributed by atoms with E-state index in [1.807, 2.05) is 36.4 Å². The van der Waals surface area contributed by atoms with Crippen molar-refractivity contribution in [2.45, 2.75) is 18.6 Å². The van der Waals surface area contributed by atoms with E-state index in [2.05, 4.69) is 0 Å². The maximum Gasteiger partial charge on any atom is 0.127 e. The third kappa shape index (κ3) is 1.93. The first-order valence-electron chi connectivity index (χ1n) is 5.96. The van der Waals surface area contributed by atoms with Crippen molar-refractivity contribution >= 4 is 0 Å². The molecule has 3 heteroatoms. The van der Waals surface area contributed by atoms with E-state index < -0.39 is 6.10 Å². The Balaban J connectivity index is 1.92. The van der Waals surface area contributed by atoms with Gasteiger partial charge in [-0.15, -0.1) is 0 Å². The van der Waals surface area contributed by atoms with Gasteiger partial charge in [-0.1, -0.05) is 30.3 Å². The van der Waals surface area contributed by atoms with Crippen LogP contribution >= 0.6 is 0 Å². The molecule has 3 nitrogen and oxygen atoms in total. The topological polar surface area (TPSA) is 49.7 Å². The summed E-state index contributed by atoms with van der Waals surface area (Å²) < 4.78 is 5.89. The van der Waals surface area contributed by atoms with Crippen molar-refractivity contribution in [2.75, 3.05) is 0 Å². The second-order valence-electron chi connectivity index (χ2n) is 4.49. The SMILES string of the molecule is Oc1ccc([C@@H]2C[C@H](O)c3ccccc3O2)cc1. The lowest BCUT2D eigenvalue weighted by molar-refractivity contribution is 0.0657. The van der Waals surface area contributed by atoms with E-state index in [1.165, 1.54) is 0 Å². The highest BCUT2D eigenvalue weighted by Gasteiger charge is 2.27. The van der Waals surface area contributed by atoms with Crippen LogP contribution in [0.5, 0.6) is 11.5 Å². The number of aliphatic hydroxyl groups is 1. The largest absolute Gasteiger partial charge is 0.508 e. The zero-order valence-corrected chi connectivity index (χ0v) is 9.78. The average molecular weight is 242 g/mol. The molecule has 1 aliphatic heterocycles. The minimum Gasteiger partial charge on any atom is -0.508 e. The van der Waals surface area contributed by atoms with E-state index in [0.29, 0.717) is 6.42 Å². The summed E-state index contributed by atoms with van der Waals surface area (Å²) in [7, 11) is 0. The van der Waals surface area contributed by atoms with E-state index in [0.717, 1.165) is 16.9 Å². The number of aromatic hydroxyl groups is 1. The van der Waals surface area contributed by atoms with Gasteiger partial charge < -0.3 is 14.9 Å². The van der Waals surface area contributed by atoms with E-state index in [4.69, 9.17) is 4.74 Å². The third-order valence-corrected chi connectivity index (χ3v) is 3.25. The molecule has 2 aromatic rings. The molecule has 92 valence electrons. The molecular formula is C15H14O3. The Kier molecular flexibility index (Phi) is 2.68. The highest BCUT2D eigenvalue weighted by molar-refractivity contribution is 5.38. The lowest BCUT2D eigenvalue weighted by atomic mass is 9.95. The number of phenols is 1. The van der Waals surface area contributed by atoms with Crippen LogP contribution in [0.3, 0.4) is 0 Å². The Labute approximate surface area is 105 Å². The van der Waals surface area contributed by atoms with Crippen LogP contribution in [0.4, 0.5) is 0 Å². The first-order valence-corrected chi connectivity index (χ1v) is 5.96. The zero-order chi connectivity index (χ0) is 12.5. The summed E-state index contributed by atoms with van der Waals surface area (Å²) in [6.45, 7) is 0. The third-order valence-electron chi connectivity index (χ3n) is 3.25. The molecular weight excluding hydrogens is 228 g/mol. The number of benzene rings is 2. The number of ether oxygens (including phenoxy) is 1. The molecule has 0 aliphatic carbocycles. The predicted octanol–water partition coefficient (Wildman–Crippen LogP) is 2.95. The predicted molar refractivity (Wildman–Crippen MR) is 67.5 cm³/mol. The molecule has 2 aromatic carbocycles. The van der Waals surface area contributed by atoms with Gasteiger partial charge in [-0.2, -0.15) is 0 Å². The summed E-state index contributed by atoms with van der Waals surface area (Å²) in [5.41, 5.74) is 1.80. The number of fused-ring (bicyclic) bond motifs is 1. The van der Waals surface area contributed by atoms with Crippen LogP contribution in [-0.2, 0) is 0 Å². The Morgan fingerprint density at radius 2 is 1.72 bits per heavy atom. The summed E-state index contributed by atoms with van der Waals surface area (Å²) >= 11 is 0. The molecule has 2 atom stereocenters. The Morgan fingerprint density at radius 3 is 2.50 bits per heavy atom. The lowest BCUT2D eigenvalue weighted by Gasteiger charge is -2.29. The maximum atomic E-state index is 10.1. The molecule has 0 bridgehead atoms. The first-order chi connectivity index (χ1) is 8.74. The fourth-order valence-electron chi connectivity index (χ4n) is 2.29. The van der Waals surface area contributed by atoms with Crippen LogP contribution in [0.25, 0.3) is 0 Å². The molecule has 0 spiro atoms. The van der Waals surface area contributed by atoms with Gasteiger partial charge in [0.1, 0.15) is 17.6 Å². The smallest absolute Gasteiger partial charge is 0.127 e. The Hall–Kier alpha value is -2.00. The van der Waals surface area contributed by atoms with Crippen LogP contribution in [0.2, 0.25) is 0 Å². The van der Waals surface area contributed by atoms with Gasteiger partial charge in [0.25, 0.3) is 0 Å². The first kappa shape index (κ1) is 11.1. The van der Waals surface area contributed by atoms with Gasteiger partial charge in [-0.25, -0.2) is 0 Å². The minimum absolute atomic E-state index is 0.171. The van der Waals surface area contributed by atoms with E-state index >= 15 is 0 Å². The standard InChI is InChI=1S/C15H14O3/c16-11-7-5-10(6-8-11)15-9-13(17)12-3-1-2-4-14(12)18-15/h1-8,13,15-17H,9H2/t13-,15-/m0/s1. The highest BCUT2D eigenvalue weighted by Crippen LogP contribution is 2.40. The molecule has 0 saturated heterocycles. The molecule has 3 rings (SSSR count). The number of phenolic OH excluding ortho intramolecular Hbond substituents is 1. The summed E-state index contributed by atoms with van der Waals surface area (Å²) in [6.07, 6.45) is -0.147. The van der Waals surface area contributed by atoms with Crippen LogP contribution in [0.1, 0.15) is 29.8 Å². The van der Waals surface area contributed by atoms with Crippen LogP contribution < -0.4 is 4.74 Å². The molecule has 0 radical (unpaired) electrons. The molecule has 0 saturated carbocycles. The summed E-state index contributed by atoms with van der Waals surface area (Å²) in [5, 5.41) is 19.4. The monoisotopic (exact) mass is 242 g/mol. The Bertz CT molecular complexity index is 548. The van der Waals surface area contributed by atoms with E-state index in [-0.39, 0.29) is 11.9 Å². The second-order valence-corrected chi connectivity index (χ2v) is 4.49. The fourth-order valence-corrected chi connectivity index (χ4v) is 2.29. The second kappa shape index (κ2) is 4.35. The van der Waals surface area contributed by atoms with Crippen molar-refractivity contribution in [3.8, 4) is 11.5 Å². The molecule has 1 aliphatic rings. The number of hydrogen-bond acceptors (Lipinski definition) is 3. The van der Waals surface area contributed by atoms with Gasteiger partial charge in [0.15, 0.2) is 0 Å². The number of rotatable bonds is 1. The molecule has 18 heavy (non-hydrogen) atoms. The number of aliphatic hydroxyl groups excluding tert-OH is 1. The molecule has 0 unspecified atom stereocenters. The highest BCUT2D eigenvalue weighted by atomic mass is 16.5. The van der Waals surface area contributed by atoms with Gasteiger partial charge in [-0.3, -0.25) is 0 Å². The summed E-state index contributed by atoms with van der Waals surface area (Å²) in [4.78, 5) is 0. The molecule has 0 fully saturated rings. The lowest BCUT2D eigenvalue weighted by Crippen LogP contribution is -2.18. The van der Waals surface area contributed by atoms with Crippen LogP contribution in [0, 0.1) is 0 Å². The van der Waals surface area contributed by atoms with Crippen molar-refractivity contribution in [1.82, 2.24) is 0 Å². The fraction of sp³-hybridized carbons (Fsp3) is 0.200. The molecule has 1 heterocycles. The quantitative estimate of drug-likeness (QED) is 0.808. The maximum absolute atomic E-state index is 10.1. The van der Waals surface area contributed by atoms with E-state index in [9.17, 15) is 10.2 Å². The summed E-state index contributed by atoms with van der Waals surface area (Å²) in [5.74, 6) is 0.963. The summed E-state index contributed by atoms with van der Waals surface area (Å²) in [6, 6.07) is 14.4. The average Bonchev–Trinajstić information content (AvgIpc) is 2.39. The van der Waals surface area contributed by atoms with Crippen LogP contribution in [-0.4, -0.2) is 10.2 Å². The van der Waals surface area contributed by atoms with Gasteiger partial charge in [0, 0.05) is 12.0 Å². The molecule has 0 aromatic heterocycles. The van der Waals surface area contributed by atoms with Crippen molar-refractivity contribution in [3.63, 3.8) is 0 Å². The zero-order valence-electron chi connectivity index (χ0n) is 9.78. The van der Waals surface area contributed by atoms with Crippen molar-refractivity contribution < 1.29 is 14.9 Å². The van der Waals surface area contributed by atoms with E-state index in [1.54, 1.807) is 12.1 Å². The van der Waals surface area contributed by atoms with Gasteiger partial charge in [0.2, 0.25) is 0 Å². The molecule has 2 N–H and O–H groups in total. The van der Waals surface area contributed by atoms with Gasteiger partial charge in [-0.05, 0) is 23.8 Å². The van der Waals surface area contributed by atoms with Crippen molar-refractivity contribution in [2.24, 2.45) is 0 Å². The molecule has 0 amide bonds. The van der Waals surface area contributed by atoms with Crippen molar-refractivity contribution in [3.05, 3.63) is 59.7 Å². The van der Waals surface area contributed by atoms with Crippen molar-refractivity contribution in [1.29, 1.82) is 0 Å². The van der Waals surface area contributed by atoms with Crippen LogP contribution in [0.15, 0.2) is 48.5 Å². The Morgan fingerprint density at radius 1 is 1.00 bits per heavy atom. The normalized spacial score (nSPS) is 22.1. The minimum atomic E-state index is -0.506. The number of para-hydroxylation sites is 1. The van der Waals surface area contributed by atoms with Gasteiger partial charge in [0.05, 0.1) is 6.10 Å².